The average molecular weight is 172 g/mol. The van der Waals surface area contributed by atoms with Crippen molar-refractivity contribution in [1.82, 2.24) is 5.32 Å². The Bertz CT molecular complexity index is 205. The second-order valence-corrected chi connectivity index (χ2v) is 2.77. The van der Waals surface area contributed by atoms with E-state index >= 15 is 0 Å². The summed E-state index contributed by atoms with van der Waals surface area (Å²) in [5, 5.41) is 2.52. The van der Waals surface area contributed by atoms with Crippen LogP contribution in [0.2, 0.25) is 0 Å². The molecule has 1 aliphatic heterocycles. The number of rotatable bonds is 3. The van der Waals surface area contributed by atoms with E-state index in [9.17, 15) is 9.59 Å². The lowest BCUT2D eigenvalue weighted by Gasteiger charge is -2.15. The molecular formula is C7H12N2O3. The van der Waals surface area contributed by atoms with Crippen LogP contribution >= 0.6 is 0 Å². The van der Waals surface area contributed by atoms with Gasteiger partial charge in [-0.05, 0) is 6.42 Å². The molecule has 1 heterocycles. The summed E-state index contributed by atoms with van der Waals surface area (Å²) in [6.45, 7) is 2.08. The van der Waals surface area contributed by atoms with Gasteiger partial charge in [0, 0.05) is 0 Å². The molecule has 0 bridgehead atoms. The summed E-state index contributed by atoms with van der Waals surface area (Å²) in [7, 11) is 0. The number of cyclic esters (lactones) is 1. The molecule has 2 atom stereocenters. The Morgan fingerprint density at radius 2 is 2.58 bits per heavy atom. The second kappa shape index (κ2) is 3.42. The minimum atomic E-state index is -0.472. The standard InChI is InChI=1S/C7H12N2O3/c1-2-4(6(8)10)5-3-12-7(11)9-5/h4-5H,2-3H2,1H3,(H2,8,10)(H,9,11)/t4?,5-/m1/s1. The molecule has 1 unspecified atom stereocenters. The number of hydrogen-bond donors (Lipinski definition) is 2. The van der Waals surface area contributed by atoms with Crippen molar-refractivity contribution in [2.45, 2.75) is 19.4 Å². The molecule has 2 amide bonds. The van der Waals surface area contributed by atoms with Gasteiger partial charge in [0.25, 0.3) is 0 Å². The molecule has 0 spiro atoms. The molecule has 1 fully saturated rings. The van der Waals surface area contributed by atoms with E-state index in [1.54, 1.807) is 0 Å². The fraction of sp³-hybridized carbons (Fsp3) is 0.714. The van der Waals surface area contributed by atoms with E-state index < -0.39 is 12.0 Å². The normalized spacial score (nSPS) is 24.4. The predicted molar refractivity (Wildman–Crippen MR) is 41.2 cm³/mol. The summed E-state index contributed by atoms with van der Waals surface area (Å²) in [6, 6.07) is -0.250. The summed E-state index contributed by atoms with van der Waals surface area (Å²) in [5.41, 5.74) is 5.13. The van der Waals surface area contributed by atoms with Crippen molar-refractivity contribution < 1.29 is 14.3 Å². The number of ether oxygens (including phenoxy) is 1. The van der Waals surface area contributed by atoms with E-state index in [0.717, 1.165) is 0 Å². The highest BCUT2D eigenvalue weighted by molar-refractivity contribution is 5.79. The Morgan fingerprint density at radius 3 is 2.92 bits per heavy atom. The van der Waals surface area contributed by atoms with Crippen molar-refractivity contribution in [2.75, 3.05) is 6.61 Å². The van der Waals surface area contributed by atoms with Gasteiger partial charge in [0.2, 0.25) is 5.91 Å². The molecule has 1 aliphatic rings. The van der Waals surface area contributed by atoms with Crippen LogP contribution < -0.4 is 11.1 Å². The molecule has 3 N–H and O–H groups in total. The Balaban J connectivity index is 2.55. The minimum Gasteiger partial charge on any atom is -0.447 e. The number of amides is 2. The highest BCUT2D eigenvalue weighted by Gasteiger charge is 2.32. The van der Waals surface area contributed by atoms with Gasteiger partial charge < -0.3 is 15.8 Å². The Morgan fingerprint density at radius 1 is 1.92 bits per heavy atom. The topological polar surface area (TPSA) is 81.4 Å². The third-order valence-corrected chi connectivity index (χ3v) is 1.99. The molecule has 5 nitrogen and oxygen atoms in total. The van der Waals surface area contributed by atoms with Gasteiger partial charge in [-0.1, -0.05) is 6.92 Å². The summed E-state index contributed by atoms with van der Waals surface area (Å²) < 4.78 is 4.64. The lowest BCUT2D eigenvalue weighted by molar-refractivity contribution is -0.122. The zero-order valence-electron chi connectivity index (χ0n) is 6.87. The number of carbonyl (C=O) groups is 2. The minimum absolute atomic E-state index is 0.236. The zero-order valence-corrected chi connectivity index (χ0v) is 6.87. The van der Waals surface area contributed by atoms with Gasteiger partial charge in [0.05, 0.1) is 12.0 Å². The van der Waals surface area contributed by atoms with Crippen molar-refractivity contribution in [3.05, 3.63) is 0 Å². The Kier molecular flexibility index (Phi) is 2.52. The van der Waals surface area contributed by atoms with Crippen molar-refractivity contribution in [3.8, 4) is 0 Å². The van der Waals surface area contributed by atoms with Crippen molar-refractivity contribution in [2.24, 2.45) is 11.7 Å². The number of nitrogens with two attached hydrogens (primary N) is 1. The van der Waals surface area contributed by atoms with Gasteiger partial charge in [-0.25, -0.2) is 4.79 Å². The van der Waals surface area contributed by atoms with E-state index in [0.29, 0.717) is 6.42 Å². The first-order valence-electron chi connectivity index (χ1n) is 3.87. The van der Waals surface area contributed by atoms with Crippen LogP contribution in [0.5, 0.6) is 0 Å². The summed E-state index contributed by atoms with van der Waals surface area (Å²) in [5.74, 6) is -0.718. The van der Waals surface area contributed by atoms with E-state index in [1.165, 1.54) is 0 Å². The van der Waals surface area contributed by atoms with Gasteiger partial charge in [-0.3, -0.25) is 4.79 Å². The quantitative estimate of drug-likeness (QED) is 0.608. The highest BCUT2D eigenvalue weighted by Crippen LogP contribution is 2.12. The van der Waals surface area contributed by atoms with Crippen LogP contribution in [0.4, 0.5) is 4.79 Å². The summed E-state index contributed by atoms with van der Waals surface area (Å²) in [4.78, 5) is 21.5. The molecule has 0 radical (unpaired) electrons. The fourth-order valence-corrected chi connectivity index (χ4v) is 1.30. The van der Waals surface area contributed by atoms with Gasteiger partial charge in [0.15, 0.2) is 0 Å². The van der Waals surface area contributed by atoms with Crippen LogP contribution in [0.25, 0.3) is 0 Å². The molecule has 12 heavy (non-hydrogen) atoms. The van der Waals surface area contributed by atoms with E-state index in [4.69, 9.17) is 5.73 Å². The van der Waals surface area contributed by atoms with Gasteiger partial charge in [-0.15, -0.1) is 0 Å². The summed E-state index contributed by atoms with van der Waals surface area (Å²) in [6.07, 6.45) is 0.142. The number of carbonyl (C=O) groups excluding carboxylic acids is 2. The molecule has 0 saturated carbocycles. The van der Waals surface area contributed by atoms with Crippen LogP contribution in [0, 0.1) is 5.92 Å². The highest BCUT2D eigenvalue weighted by atomic mass is 16.6. The Hall–Kier alpha value is -1.26. The molecule has 68 valence electrons. The maximum absolute atomic E-state index is 10.8. The third kappa shape index (κ3) is 1.66. The number of hydrogen-bond acceptors (Lipinski definition) is 3. The van der Waals surface area contributed by atoms with Crippen molar-refractivity contribution in [3.63, 3.8) is 0 Å². The largest absolute Gasteiger partial charge is 0.447 e. The molecule has 1 rings (SSSR count). The molecule has 0 aromatic carbocycles. The predicted octanol–water partition coefficient (Wildman–Crippen LogP) is -0.394. The van der Waals surface area contributed by atoms with Crippen LogP contribution in [-0.4, -0.2) is 24.6 Å². The maximum Gasteiger partial charge on any atom is 0.407 e. The summed E-state index contributed by atoms with van der Waals surface area (Å²) >= 11 is 0. The van der Waals surface area contributed by atoms with Crippen LogP contribution in [0.3, 0.4) is 0 Å². The Labute approximate surface area is 70.2 Å². The first-order valence-corrected chi connectivity index (χ1v) is 3.87. The van der Waals surface area contributed by atoms with Crippen molar-refractivity contribution >= 4 is 12.0 Å². The molecule has 0 aliphatic carbocycles. The molecule has 0 aromatic heterocycles. The number of alkyl carbamates (subject to hydrolysis) is 1. The van der Waals surface area contributed by atoms with Crippen molar-refractivity contribution in [1.29, 1.82) is 0 Å². The van der Waals surface area contributed by atoms with E-state index in [1.807, 2.05) is 6.92 Å². The lowest BCUT2D eigenvalue weighted by atomic mass is 9.97. The molecule has 0 aromatic rings. The van der Waals surface area contributed by atoms with Gasteiger partial charge in [0.1, 0.15) is 6.61 Å². The smallest absolute Gasteiger partial charge is 0.407 e. The van der Waals surface area contributed by atoms with Gasteiger partial charge >= 0.3 is 6.09 Å². The average Bonchev–Trinajstić information content (AvgIpc) is 2.37. The number of nitrogens with one attached hydrogen (secondary N) is 1. The van der Waals surface area contributed by atoms with E-state index in [2.05, 4.69) is 10.1 Å². The molecule has 5 heteroatoms. The number of primary amides is 1. The first-order chi connectivity index (χ1) is 5.65. The van der Waals surface area contributed by atoms with Crippen LogP contribution in [-0.2, 0) is 9.53 Å². The third-order valence-electron chi connectivity index (χ3n) is 1.99. The fourth-order valence-electron chi connectivity index (χ4n) is 1.30. The van der Waals surface area contributed by atoms with E-state index in [-0.39, 0.29) is 18.6 Å². The zero-order chi connectivity index (χ0) is 9.14. The van der Waals surface area contributed by atoms with Crippen LogP contribution in [0.1, 0.15) is 13.3 Å². The second-order valence-electron chi connectivity index (χ2n) is 2.77. The molecule has 1 saturated heterocycles. The lowest BCUT2D eigenvalue weighted by Crippen LogP contribution is -2.41. The SMILES string of the molecule is CCC(C(N)=O)[C@H]1COC(=O)N1. The van der Waals surface area contributed by atoms with Crippen LogP contribution in [0.15, 0.2) is 0 Å². The maximum atomic E-state index is 10.8. The molecular weight excluding hydrogens is 160 g/mol. The monoisotopic (exact) mass is 172 g/mol. The first kappa shape index (κ1) is 8.83. The van der Waals surface area contributed by atoms with Gasteiger partial charge in [-0.2, -0.15) is 0 Å².